The Morgan fingerprint density at radius 2 is 1.91 bits per heavy atom. The minimum absolute atomic E-state index is 0. The lowest BCUT2D eigenvalue weighted by molar-refractivity contribution is 0.171. The molecule has 9 heteroatoms. The Kier molecular flexibility index (Phi) is 10.6. The van der Waals surface area contributed by atoms with Gasteiger partial charge in [0, 0.05) is 50.9 Å². The first-order valence-corrected chi connectivity index (χ1v) is 11.0. The number of nitrogens with one attached hydrogen (secondary N) is 1. The number of nitrogens with zero attached hydrogens (tertiary/aromatic N) is 4. The van der Waals surface area contributed by atoms with E-state index < -0.39 is 0 Å². The number of ether oxygens (including phenoxy) is 2. The van der Waals surface area contributed by atoms with Crippen molar-refractivity contribution in [2.24, 2.45) is 4.99 Å². The number of aromatic nitrogens is 1. The van der Waals surface area contributed by atoms with Crippen LogP contribution in [0.25, 0.3) is 0 Å². The van der Waals surface area contributed by atoms with Crippen molar-refractivity contribution in [1.29, 1.82) is 0 Å². The van der Waals surface area contributed by atoms with Crippen molar-refractivity contribution in [3.8, 4) is 11.5 Å². The summed E-state index contributed by atoms with van der Waals surface area (Å²) in [6, 6.07) is 7.95. The van der Waals surface area contributed by atoms with Gasteiger partial charge in [0.1, 0.15) is 18.0 Å². The molecule has 3 rings (SSSR count). The Labute approximate surface area is 208 Å². The largest absolute Gasteiger partial charge is 0.497 e. The maximum absolute atomic E-state index is 5.53. The van der Waals surface area contributed by atoms with Crippen molar-refractivity contribution in [2.45, 2.75) is 39.8 Å². The van der Waals surface area contributed by atoms with Gasteiger partial charge in [-0.3, -0.25) is 4.90 Å². The van der Waals surface area contributed by atoms with E-state index in [4.69, 9.17) is 19.0 Å². The first-order valence-electron chi connectivity index (χ1n) is 11.0. The molecule has 0 saturated carbocycles. The number of aliphatic imine (C=N–C) groups is 1. The summed E-state index contributed by atoms with van der Waals surface area (Å²) >= 11 is 0. The van der Waals surface area contributed by atoms with Gasteiger partial charge in [0.25, 0.3) is 0 Å². The molecule has 8 nitrogen and oxygen atoms in total. The highest BCUT2D eigenvalue weighted by Gasteiger charge is 2.21. The second kappa shape index (κ2) is 12.9. The fraction of sp³-hybridized carbons (Fsp3) is 0.565. The molecule has 0 amide bonds. The fourth-order valence-electron chi connectivity index (χ4n) is 3.62. The molecule has 1 saturated heterocycles. The number of guanidine groups is 1. The van der Waals surface area contributed by atoms with Gasteiger partial charge in [0.2, 0.25) is 0 Å². The van der Waals surface area contributed by atoms with E-state index in [-0.39, 0.29) is 24.0 Å². The average Bonchev–Trinajstić information content (AvgIpc) is 3.26. The van der Waals surface area contributed by atoms with Gasteiger partial charge in [-0.1, -0.05) is 19.0 Å². The van der Waals surface area contributed by atoms with E-state index in [2.05, 4.69) is 47.1 Å². The molecule has 178 valence electrons. The van der Waals surface area contributed by atoms with Crippen LogP contribution < -0.4 is 14.8 Å². The van der Waals surface area contributed by atoms with Crippen molar-refractivity contribution in [3.63, 3.8) is 0 Å². The van der Waals surface area contributed by atoms with Crippen LogP contribution in [0, 0.1) is 0 Å². The first-order chi connectivity index (χ1) is 15.0. The lowest BCUT2D eigenvalue weighted by Crippen LogP contribution is -2.52. The minimum Gasteiger partial charge on any atom is -0.497 e. The van der Waals surface area contributed by atoms with E-state index in [9.17, 15) is 0 Å². The lowest BCUT2D eigenvalue weighted by atomic mass is 10.1. The third-order valence-corrected chi connectivity index (χ3v) is 5.44. The van der Waals surface area contributed by atoms with E-state index in [0.717, 1.165) is 73.7 Å². The fourth-order valence-corrected chi connectivity index (χ4v) is 3.62. The second-order valence-electron chi connectivity index (χ2n) is 7.98. The molecule has 1 N–H and O–H groups in total. The highest BCUT2D eigenvalue weighted by molar-refractivity contribution is 14.0. The molecular formula is C23H36IN5O3. The number of hydrogen-bond acceptors (Lipinski definition) is 6. The monoisotopic (exact) mass is 557 g/mol. The van der Waals surface area contributed by atoms with E-state index in [1.54, 1.807) is 14.2 Å². The summed E-state index contributed by atoms with van der Waals surface area (Å²) in [6.07, 6.45) is 0. The van der Waals surface area contributed by atoms with Gasteiger partial charge < -0.3 is 24.2 Å². The van der Waals surface area contributed by atoms with Crippen LogP contribution in [0.15, 0.2) is 33.8 Å². The minimum atomic E-state index is 0. The molecule has 0 unspecified atom stereocenters. The predicted molar refractivity (Wildman–Crippen MR) is 137 cm³/mol. The van der Waals surface area contributed by atoms with Gasteiger partial charge in [0.15, 0.2) is 11.7 Å². The zero-order valence-electron chi connectivity index (χ0n) is 19.8. The number of methoxy groups -OCH3 is 2. The van der Waals surface area contributed by atoms with Crippen molar-refractivity contribution >= 4 is 29.9 Å². The second-order valence-corrected chi connectivity index (χ2v) is 7.98. The molecule has 2 heterocycles. The third-order valence-electron chi connectivity index (χ3n) is 5.44. The quantitative estimate of drug-likeness (QED) is 0.301. The molecule has 32 heavy (non-hydrogen) atoms. The van der Waals surface area contributed by atoms with Gasteiger partial charge >= 0.3 is 0 Å². The van der Waals surface area contributed by atoms with Crippen molar-refractivity contribution < 1.29 is 14.0 Å². The van der Waals surface area contributed by atoms with Crippen LogP contribution in [-0.4, -0.2) is 67.9 Å². The predicted octanol–water partition coefficient (Wildman–Crippen LogP) is 3.72. The number of piperazine rings is 1. The Morgan fingerprint density at radius 1 is 1.16 bits per heavy atom. The Balaban J connectivity index is 0.00000363. The third kappa shape index (κ3) is 6.99. The first kappa shape index (κ1) is 26.2. The van der Waals surface area contributed by atoms with E-state index in [0.29, 0.717) is 12.5 Å². The molecular weight excluding hydrogens is 521 g/mol. The van der Waals surface area contributed by atoms with Crippen LogP contribution in [0.5, 0.6) is 11.5 Å². The SMILES string of the molecule is CCNC(=NCc1cc(C(C)C)no1)N1CCN(Cc2cc(OC)ccc2OC)CC1.I. The summed E-state index contributed by atoms with van der Waals surface area (Å²) in [5.74, 6) is 3.81. The van der Waals surface area contributed by atoms with Crippen LogP contribution in [0.2, 0.25) is 0 Å². The molecule has 1 aliphatic rings. The smallest absolute Gasteiger partial charge is 0.194 e. The molecule has 0 spiro atoms. The molecule has 1 fully saturated rings. The Morgan fingerprint density at radius 3 is 2.50 bits per heavy atom. The highest BCUT2D eigenvalue weighted by Crippen LogP contribution is 2.25. The van der Waals surface area contributed by atoms with Gasteiger partial charge in [0.05, 0.1) is 19.9 Å². The molecule has 0 radical (unpaired) electrons. The average molecular weight is 557 g/mol. The van der Waals surface area contributed by atoms with Crippen LogP contribution in [0.1, 0.15) is 43.7 Å². The van der Waals surface area contributed by atoms with Crippen molar-refractivity contribution in [3.05, 3.63) is 41.3 Å². The number of halogens is 1. The van der Waals surface area contributed by atoms with Crippen LogP contribution in [0.4, 0.5) is 0 Å². The van der Waals surface area contributed by atoms with E-state index in [1.165, 1.54) is 0 Å². The van der Waals surface area contributed by atoms with Crippen molar-refractivity contribution in [1.82, 2.24) is 20.3 Å². The number of benzene rings is 1. The van der Waals surface area contributed by atoms with E-state index in [1.807, 2.05) is 18.2 Å². The summed E-state index contributed by atoms with van der Waals surface area (Å²) in [6.45, 7) is 12.2. The van der Waals surface area contributed by atoms with Gasteiger partial charge in [-0.2, -0.15) is 0 Å². The van der Waals surface area contributed by atoms with E-state index >= 15 is 0 Å². The zero-order valence-corrected chi connectivity index (χ0v) is 22.1. The summed E-state index contributed by atoms with van der Waals surface area (Å²) in [4.78, 5) is 9.52. The maximum Gasteiger partial charge on any atom is 0.194 e. The topological polar surface area (TPSA) is 75.4 Å². The zero-order chi connectivity index (χ0) is 22.2. The number of hydrogen-bond donors (Lipinski definition) is 1. The van der Waals surface area contributed by atoms with Crippen LogP contribution in [0.3, 0.4) is 0 Å². The standard InChI is InChI=1S/C23H35N5O3.HI/c1-6-24-23(25-15-20-14-21(17(2)3)26-31-20)28-11-9-27(10-12-28)16-18-13-19(29-4)7-8-22(18)30-5;/h7-8,13-14,17H,6,9-12,15-16H2,1-5H3,(H,24,25);1H. The summed E-state index contributed by atoms with van der Waals surface area (Å²) in [5.41, 5.74) is 2.11. The molecule has 0 bridgehead atoms. The van der Waals surface area contributed by atoms with Gasteiger partial charge in [-0.05, 0) is 31.0 Å². The molecule has 1 aromatic heterocycles. The summed E-state index contributed by atoms with van der Waals surface area (Å²) in [7, 11) is 3.40. The lowest BCUT2D eigenvalue weighted by Gasteiger charge is -2.36. The molecule has 1 aliphatic heterocycles. The van der Waals surface area contributed by atoms with Gasteiger partial charge in [-0.25, -0.2) is 4.99 Å². The normalized spacial score (nSPS) is 14.9. The summed E-state index contributed by atoms with van der Waals surface area (Å²) < 4.78 is 16.3. The number of rotatable bonds is 8. The Hall–Kier alpha value is -2.01. The molecule has 1 aromatic carbocycles. The van der Waals surface area contributed by atoms with Crippen LogP contribution in [-0.2, 0) is 13.1 Å². The summed E-state index contributed by atoms with van der Waals surface area (Å²) in [5, 5.41) is 7.53. The molecule has 0 aliphatic carbocycles. The Bertz CT molecular complexity index is 863. The maximum atomic E-state index is 5.53. The molecule has 2 aromatic rings. The van der Waals surface area contributed by atoms with Gasteiger partial charge in [-0.15, -0.1) is 24.0 Å². The highest BCUT2D eigenvalue weighted by atomic mass is 127. The van der Waals surface area contributed by atoms with Crippen LogP contribution >= 0.6 is 24.0 Å². The molecule has 0 atom stereocenters. The van der Waals surface area contributed by atoms with Crippen molar-refractivity contribution in [2.75, 3.05) is 46.9 Å².